The van der Waals surface area contributed by atoms with Gasteiger partial charge in [-0.15, -0.1) is 0 Å². The Hall–Kier alpha value is -1.62. The van der Waals surface area contributed by atoms with Gasteiger partial charge < -0.3 is 10.1 Å². The fourth-order valence-corrected chi connectivity index (χ4v) is 2.71. The number of hydrogen-bond acceptors (Lipinski definition) is 4. The van der Waals surface area contributed by atoms with E-state index in [4.69, 9.17) is 4.74 Å². The predicted molar refractivity (Wildman–Crippen MR) is 77.9 cm³/mol. The fourth-order valence-electron chi connectivity index (χ4n) is 2.71. The largest absolute Gasteiger partial charge is 0.493 e. The maximum Gasteiger partial charge on any atom is 0.270 e. The van der Waals surface area contributed by atoms with Crippen LogP contribution in [0, 0.1) is 16.0 Å². The third-order valence-corrected chi connectivity index (χ3v) is 3.82. The molecule has 0 aromatic heterocycles. The first-order chi connectivity index (χ1) is 9.70. The molecule has 0 radical (unpaired) electrons. The molecule has 0 heterocycles. The molecule has 0 spiro atoms. The third-order valence-electron chi connectivity index (χ3n) is 3.82. The number of nitrogens with zero attached hydrogens (tertiary/aromatic N) is 1. The van der Waals surface area contributed by atoms with E-state index < -0.39 is 0 Å². The van der Waals surface area contributed by atoms with Gasteiger partial charge in [0.2, 0.25) is 0 Å². The average molecular weight is 278 g/mol. The summed E-state index contributed by atoms with van der Waals surface area (Å²) in [6.45, 7) is 1.29. The quantitative estimate of drug-likeness (QED) is 0.640. The lowest BCUT2D eigenvalue weighted by molar-refractivity contribution is -0.384. The fraction of sp³-hybridized carbons (Fsp3) is 0.600. The standard InChI is InChI=1S/C15H22N2O3/c1-16-10-13-9-14(17(18)19)7-8-15(13)20-11-12-5-3-2-4-6-12/h7-9,12,16H,2-6,10-11H2,1H3. The van der Waals surface area contributed by atoms with Gasteiger partial charge in [-0.3, -0.25) is 10.1 Å². The monoisotopic (exact) mass is 278 g/mol. The van der Waals surface area contributed by atoms with Gasteiger partial charge in [-0.05, 0) is 31.9 Å². The number of benzene rings is 1. The van der Waals surface area contributed by atoms with Crippen molar-refractivity contribution in [3.05, 3.63) is 33.9 Å². The SMILES string of the molecule is CNCc1cc([N+](=O)[O-])ccc1OCC1CCCCC1. The van der Waals surface area contributed by atoms with Crippen LogP contribution >= 0.6 is 0 Å². The van der Waals surface area contributed by atoms with Gasteiger partial charge in [0.1, 0.15) is 5.75 Å². The van der Waals surface area contributed by atoms with Gasteiger partial charge in [0.25, 0.3) is 5.69 Å². The van der Waals surface area contributed by atoms with Gasteiger partial charge in [0.15, 0.2) is 0 Å². The van der Waals surface area contributed by atoms with E-state index in [1.807, 2.05) is 7.05 Å². The Morgan fingerprint density at radius 3 is 2.75 bits per heavy atom. The van der Waals surface area contributed by atoms with E-state index in [9.17, 15) is 10.1 Å². The van der Waals surface area contributed by atoms with E-state index in [0.717, 1.165) is 11.3 Å². The lowest BCUT2D eigenvalue weighted by atomic mass is 9.90. The van der Waals surface area contributed by atoms with E-state index in [-0.39, 0.29) is 10.6 Å². The van der Waals surface area contributed by atoms with E-state index in [0.29, 0.717) is 19.1 Å². The van der Waals surface area contributed by atoms with Crippen molar-refractivity contribution in [3.8, 4) is 5.75 Å². The van der Waals surface area contributed by atoms with Crippen molar-refractivity contribution < 1.29 is 9.66 Å². The van der Waals surface area contributed by atoms with Crippen LogP contribution in [0.2, 0.25) is 0 Å². The zero-order valence-electron chi connectivity index (χ0n) is 11.9. The highest BCUT2D eigenvalue weighted by Gasteiger charge is 2.16. The van der Waals surface area contributed by atoms with Crippen LogP contribution in [0.15, 0.2) is 18.2 Å². The number of ether oxygens (including phenoxy) is 1. The van der Waals surface area contributed by atoms with E-state index in [2.05, 4.69) is 5.32 Å². The minimum Gasteiger partial charge on any atom is -0.493 e. The van der Waals surface area contributed by atoms with Crippen molar-refractivity contribution in [1.82, 2.24) is 5.32 Å². The van der Waals surface area contributed by atoms with Crippen LogP contribution in [0.3, 0.4) is 0 Å². The summed E-state index contributed by atoms with van der Waals surface area (Å²) in [5.41, 5.74) is 0.956. The highest BCUT2D eigenvalue weighted by Crippen LogP contribution is 2.28. The molecule has 1 aromatic rings. The summed E-state index contributed by atoms with van der Waals surface area (Å²) in [6, 6.07) is 4.82. The molecule has 110 valence electrons. The van der Waals surface area contributed by atoms with Gasteiger partial charge in [-0.2, -0.15) is 0 Å². The number of nitro benzene ring substituents is 1. The minimum absolute atomic E-state index is 0.111. The number of rotatable bonds is 6. The summed E-state index contributed by atoms with van der Waals surface area (Å²) in [6.07, 6.45) is 6.37. The lowest BCUT2D eigenvalue weighted by Gasteiger charge is -2.22. The van der Waals surface area contributed by atoms with Gasteiger partial charge in [0.05, 0.1) is 11.5 Å². The maximum atomic E-state index is 10.8. The van der Waals surface area contributed by atoms with Gasteiger partial charge in [0, 0.05) is 24.2 Å². The smallest absolute Gasteiger partial charge is 0.270 e. The number of nitrogens with one attached hydrogen (secondary N) is 1. The maximum absolute atomic E-state index is 10.8. The Morgan fingerprint density at radius 1 is 1.35 bits per heavy atom. The molecule has 0 unspecified atom stereocenters. The number of hydrogen-bond donors (Lipinski definition) is 1. The van der Waals surface area contributed by atoms with Gasteiger partial charge >= 0.3 is 0 Å². The van der Waals surface area contributed by atoms with Gasteiger partial charge in [-0.1, -0.05) is 19.3 Å². The summed E-state index contributed by atoms with van der Waals surface area (Å²) < 4.78 is 5.90. The first-order valence-corrected chi connectivity index (χ1v) is 7.25. The Morgan fingerprint density at radius 2 is 2.10 bits per heavy atom. The first kappa shape index (κ1) is 14.8. The van der Waals surface area contributed by atoms with E-state index in [1.54, 1.807) is 12.1 Å². The number of non-ortho nitro benzene ring substituents is 1. The Bertz CT molecular complexity index is 456. The topological polar surface area (TPSA) is 64.4 Å². The first-order valence-electron chi connectivity index (χ1n) is 7.25. The van der Waals surface area contributed by atoms with Crippen LogP contribution < -0.4 is 10.1 Å². The van der Waals surface area contributed by atoms with Crippen molar-refractivity contribution in [2.75, 3.05) is 13.7 Å². The van der Waals surface area contributed by atoms with Crippen LogP contribution in [-0.4, -0.2) is 18.6 Å². The summed E-state index contributed by atoms with van der Waals surface area (Å²) in [5.74, 6) is 1.39. The Kier molecular flexibility index (Phi) is 5.35. The van der Waals surface area contributed by atoms with Crippen molar-refractivity contribution >= 4 is 5.69 Å². The molecule has 0 atom stereocenters. The molecule has 1 aliphatic carbocycles. The highest BCUT2D eigenvalue weighted by atomic mass is 16.6. The normalized spacial score (nSPS) is 16.1. The van der Waals surface area contributed by atoms with Crippen LogP contribution in [0.1, 0.15) is 37.7 Å². The summed E-state index contributed by atoms with van der Waals surface area (Å²) in [4.78, 5) is 10.4. The molecule has 5 heteroatoms. The molecule has 2 rings (SSSR count). The van der Waals surface area contributed by atoms with Crippen LogP contribution in [0.4, 0.5) is 5.69 Å². The average Bonchev–Trinajstić information content (AvgIpc) is 2.47. The van der Waals surface area contributed by atoms with Crippen LogP contribution in [-0.2, 0) is 6.54 Å². The Labute approximate surface area is 119 Å². The highest BCUT2D eigenvalue weighted by molar-refractivity contribution is 5.43. The molecular formula is C15H22N2O3. The summed E-state index contributed by atoms with van der Waals surface area (Å²) in [7, 11) is 1.82. The van der Waals surface area contributed by atoms with Crippen molar-refractivity contribution in [1.29, 1.82) is 0 Å². The lowest BCUT2D eigenvalue weighted by Crippen LogP contribution is -2.16. The Balaban J connectivity index is 2.03. The van der Waals surface area contributed by atoms with Crippen molar-refractivity contribution in [2.45, 2.75) is 38.6 Å². The number of nitro groups is 1. The van der Waals surface area contributed by atoms with Crippen molar-refractivity contribution in [2.24, 2.45) is 5.92 Å². The van der Waals surface area contributed by atoms with Crippen LogP contribution in [0.5, 0.6) is 5.75 Å². The molecule has 1 aromatic carbocycles. The predicted octanol–water partition coefficient (Wildman–Crippen LogP) is 3.27. The molecule has 0 aliphatic heterocycles. The molecular weight excluding hydrogens is 256 g/mol. The molecule has 0 bridgehead atoms. The van der Waals surface area contributed by atoms with E-state index >= 15 is 0 Å². The molecule has 5 nitrogen and oxygen atoms in total. The molecule has 0 saturated heterocycles. The second-order valence-electron chi connectivity index (χ2n) is 5.39. The second-order valence-corrected chi connectivity index (χ2v) is 5.39. The van der Waals surface area contributed by atoms with Crippen molar-refractivity contribution in [3.63, 3.8) is 0 Å². The van der Waals surface area contributed by atoms with Crippen LogP contribution in [0.25, 0.3) is 0 Å². The molecule has 20 heavy (non-hydrogen) atoms. The molecule has 1 N–H and O–H groups in total. The minimum atomic E-state index is -0.371. The second kappa shape index (κ2) is 7.24. The molecule has 0 amide bonds. The summed E-state index contributed by atoms with van der Waals surface area (Å²) in [5, 5.41) is 13.8. The zero-order valence-corrected chi connectivity index (χ0v) is 11.9. The van der Waals surface area contributed by atoms with Gasteiger partial charge in [-0.25, -0.2) is 0 Å². The third kappa shape index (κ3) is 3.93. The molecule has 1 fully saturated rings. The molecule has 1 aliphatic rings. The molecule has 1 saturated carbocycles. The zero-order chi connectivity index (χ0) is 14.4. The van der Waals surface area contributed by atoms with E-state index in [1.165, 1.54) is 38.2 Å². The summed E-state index contributed by atoms with van der Waals surface area (Å²) >= 11 is 0.